The number of amides is 1. The zero-order chi connectivity index (χ0) is 20.2. The van der Waals surface area contributed by atoms with Crippen molar-refractivity contribution < 1.29 is 14.3 Å². The van der Waals surface area contributed by atoms with Crippen LogP contribution in [0, 0.1) is 0 Å². The monoisotopic (exact) mass is 394 g/mol. The number of aromatic amines is 1. The molecule has 1 fully saturated rings. The van der Waals surface area contributed by atoms with Crippen LogP contribution in [0.1, 0.15) is 10.5 Å². The van der Waals surface area contributed by atoms with Gasteiger partial charge >= 0.3 is 0 Å². The Kier molecular flexibility index (Phi) is 5.28. The lowest BCUT2D eigenvalue weighted by atomic mass is 10.1. The zero-order valence-corrected chi connectivity index (χ0v) is 16.3. The van der Waals surface area contributed by atoms with Gasteiger partial charge in [-0.1, -0.05) is 0 Å². The van der Waals surface area contributed by atoms with Crippen LogP contribution in [0.25, 0.3) is 11.3 Å². The zero-order valence-electron chi connectivity index (χ0n) is 16.3. The highest BCUT2D eigenvalue weighted by atomic mass is 16.5. The highest BCUT2D eigenvalue weighted by molar-refractivity contribution is 5.93. The number of carbonyl (C=O) groups excluding carboxylic acids is 1. The van der Waals surface area contributed by atoms with E-state index in [-0.39, 0.29) is 5.91 Å². The fourth-order valence-corrected chi connectivity index (χ4v) is 3.35. The van der Waals surface area contributed by atoms with Crippen LogP contribution >= 0.6 is 0 Å². The number of rotatable bonds is 5. The summed E-state index contributed by atoms with van der Waals surface area (Å²) in [5, 5.41) is 15.2. The smallest absolute Gasteiger partial charge is 0.272 e. The Morgan fingerprint density at radius 1 is 1.07 bits per heavy atom. The summed E-state index contributed by atoms with van der Waals surface area (Å²) in [5.74, 6) is 2.10. The minimum Gasteiger partial charge on any atom is -0.497 e. The molecule has 1 saturated heterocycles. The van der Waals surface area contributed by atoms with Crippen LogP contribution in [-0.4, -0.2) is 71.6 Å². The number of methoxy groups -OCH3 is 2. The standard InChI is InChI=1S/C20H22N6O3/c1-28-14-5-6-18(29-2)15(12-14)16-13-17(23-22-16)20(27)26-10-8-25(9-11-26)19-4-3-7-21-24-19/h3-7,12-13H,8-11H2,1-2H3,(H,22,23). The second-order valence-corrected chi connectivity index (χ2v) is 6.59. The molecule has 1 aromatic carbocycles. The summed E-state index contributed by atoms with van der Waals surface area (Å²) in [5.41, 5.74) is 1.83. The number of hydrogen-bond donors (Lipinski definition) is 1. The first kappa shape index (κ1) is 18.7. The van der Waals surface area contributed by atoms with Crippen LogP contribution in [0.15, 0.2) is 42.6 Å². The van der Waals surface area contributed by atoms with Gasteiger partial charge in [0.15, 0.2) is 5.82 Å². The third-order valence-corrected chi connectivity index (χ3v) is 4.94. The van der Waals surface area contributed by atoms with Gasteiger partial charge in [-0.25, -0.2) is 0 Å². The largest absolute Gasteiger partial charge is 0.497 e. The SMILES string of the molecule is COc1ccc(OC)c(-c2cc(C(=O)N3CCN(c4cccnn4)CC3)[nH]n2)c1. The molecule has 150 valence electrons. The minimum atomic E-state index is -0.0793. The van der Waals surface area contributed by atoms with Crippen molar-refractivity contribution in [2.24, 2.45) is 0 Å². The van der Waals surface area contributed by atoms with Gasteiger partial charge < -0.3 is 19.3 Å². The lowest BCUT2D eigenvalue weighted by Crippen LogP contribution is -2.49. The molecule has 0 spiro atoms. The average Bonchev–Trinajstić information content (AvgIpc) is 3.29. The first-order valence-corrected chi connectivity index (χ1v) is 9.29. The molecular formula is C20H22N6O3. The van der Waals surface area contributed by atoms with Crippen molar-refractivity contribution in [1.29, 1.82) is 0 Å². The van der Waals surface area contributed by atoms with Crippen molar-refractivity contribution in [1.82, 2.24) is 25.3 Å². The summed E-state index contributed by atoms with van der Waals surface area (Å²) in [6.45, 7) is 2.61. The van der Waals surface area contributed by atoms with Crippen molar-refractivity contribution in [3.8, 4) is 22.8 Å². The molecule has 9 heteroatoms. The second-order valence-electron chi connectivity index (χ2n) is 6.59. The Bertz CT molecular complexity index is 983. The van der Waals surface area contributed by atoms with Gasteiger partial charge in [0.1, 0.15) is 17.2 Å². The van der Waals surface area contributed by atoms with Crippen LogP contribution < -0.4 is 14.4 Å². The topological polar surface area (TPSA) is 96.5 Å². The molecule has 0 atom stereocenters. The summed E-state index contributed by atoms with van der Waals surface area (Å²) in [4.78, 5) is 16.9. The number of ether oxygens (including phenoxy) is 2. The summed E-state index contributed by atoms with van der Waals surface area (Å²) in [7, 11) is 3.20. The van der Waals surface area contributed by atoms with Crippen LogP contribution in [0.5, 0.6) is 11.5 Å². The molecule has 1 aliphatic rings. The minimum absolute atomic E-state index is 0.0793. The van der Waals surface area contributed by atoms with Gasteiger partial charge in [-0.3, -0.25) is 9.89 Å². The summed E-state index contributed by atoms with van der Waals surface area (Å²) in [6, 6.07) is 11.0. The van der Waals surface area contributed by atoms with Crippen molar-refractivity contribution in [3.05, 3.63) is 48.3 Å². The Balaban J connectivity index is 1.47. The molecule has 0 saturated carbocycles. The Labute approximate surface area is 168 Å². The summed E-state index contributed by atoms with van der Waals surface area (Å²) >= 11 is 0. The Morgan fingerprint density at radius 2 is 1.90 bits per heavy atom. The van der Waals surface area contributed by atoms with Gasteiger partial charge in [0.2, 0.25) is 0 Å². The molecule has 1 N–H and O–H groups in total. The van der Waals surface area contributed by atoms with Gasteiger partial charge in [0.05, 0.1) is 19.9 Å². The number of nitrogens with one attached hydrogen (secondary N) is 1. The number of anilines is 1. The van der Waals surface area contributed by atoms with E-state index in [0.29, 0.717) is 49.1 Å². The normalized spacial score (nSPS) is 14.0. The maximum absolute atomic E-state index is 12.9. The molecule has 1 amide bonds. The van der Waals surface area contributed by atoms with E-state index in [9.17, 15) is 4.79 Å². The van der Waals surface area contributed by atoms with Crippen molar-refractivity contribution >= 4 is 11.7 Å². The number of benzene rings is 1. The van der Waals surface area contributed by atoms with Crippen molar-refractivity contribution in [2.75, 3.05) is 45.3 Å². The maximum Gasteiger partial charge on any atom is 0.272 e. The van der Waals surface area contributed by atoms with Crippen molar-refractivity contribution in [2.45, 2.75) is 0 Å². The third-order valence-electron chi connectivity index (χ3n) is 4.94. The number of nitrogens with zero attached hydrogens (tertiary/aromatic N) is 5. The number of hydrogen-bond acceptors (Lipinski definition) is 7. The fraction of sp³-hybridized carbons (Fsp3) is 0.300. The van der Waals surface area contributed by atoms with E-state index in [2.05, 4.69) is 25.3 Å². The number of piperazine rings is 1. The van der Waals surface area contributed by atoms with Crippen LogP contribution in [0.2, 0.25) is 0 Å². The van der Waals surface area contributed by atoms with Gasteiger partial charge in [0.25, 0.3) is 5.91 Å². The van der Waals surface area contributed by atoms with E-state index in [4.69, 9.17) is 9.47 Å². The van der Waals surface area contributed by atoms with E-state index >= 15 is 0 Å². The lowest BCUT2D eigenvalue weighted by Gasteiger charge is -2.34. The predicted molar refractivity (Wildman–Crippen MR) is 107 cm³/mol. The first-order valence-electron chi connectivity index (χ1n) is 9.29. The van der Waals surface area contributed by atoms with Gasteiger partial charge in [-0.05, 0) is 36.4 Å². The first-order chi connectivity index (χ1) is 14.2. The molecule has 29 heavy (non-hydrogen) atoms. The molecule has 0 radical (unpaired) electrons. The molecule has 0 bridgehead atoms. The molecule has 4 rings (SSSR count). The third kappa shape index (κ3) is 3.84. The molecule has 0 aliphatic carbocycles. The van der Waals surface area contributed by atoms with Gasteiger partial charge in [-0.2, -0.15) is 10.2 Å². The van der Waals surface area contributed by atoms with Crippen LogP contribution in [0.3, 0.4) is 0 Å². The van der Waals surface area contributed by atoms with Gasteiger partial charge in [0, 0.05) is 37.9 Å². The molecule has 3 heterocycles. The molecule has 2 aromatic heterocycles. The van der Waals surface area contributed by atoms with Crippen molar-refractivity contribution in [3.63, 3.8) is 0 Å². The summed E-state index contributed by atoms with van der Waals surface area (Å²) < 4.78 is 10.7. The van der Waals surface area contributed by atoms with Crippen LogP contribution in [-0.2, 0) is 0 Å². The van der Waals surface area contributed by atoms with E-state index in [0.717, 1.165) is 11.4 Å². The van der Waals surface area contributed by atoms with Crippen LogP contribution in [0.4, 0.5) is 5.82 Å². The molecular weight excluding hydrogens is 372 g/mol. The van der Waals surface area contributed by atoms with Gasteiger partial charge in [-0.15, -0.1) is 5.10 Å². The molecule has 0 unspecified atom stereocenters. The highest BCUT2D eigenvalue weighted by Gasteiger charge is 2.24. The fourth-order valence-electron chi connectivity index (χ4n) is 3.35. The number of H-pyrrole nitrogens is 1. The van der Waals surface area contributed by atoms with E-state index in [1.54, 1.807) is 26.5 Å². The molecule has 1 aliphatic heterocycles. The average molecular weight is 394 g/mol. The Hall–Kier alpha value is -3.62. The molecule has 3 aromatic rings. The number of carbonyl (C=O) groups is 1. The quantitative estimate of drug-likeness (QED) is 0.705. The second kappa shape index (κ2) is 8.17. The van der Waals surface area contributed by atoms with E-state index in [1.807, 2.05) is 35.2 Å². The number of aromatic nitrogens is 4. The molecule has 9 nitrogen and oxygen atoms in total. The highest BCUT2D eigenvalue weighted by Crippen LogP contribution is 2.32. The summed E-state index contributed by atoms with van der Waals surface area (Å²) in [6.07, 6.45) is 1.65. The Morgan fingerprint density at radius 3 is 2.59 bits per heavy atom. The maximum atomic E-state index is 12.9. The van der Waals surface area contributed by atoms with E-state index in [1.165, 1.54) is 0 Å². The predicted octanol–water partition coefficient (Wildman–Crippen LogP) is 1.85. The van der Waals surface area contributed by atoms with E-state index < -0.39 is 0 Å². The lowest BCUT2D eigenvalue weighted by molar-refractivity contribution is 0.0740.